The van der Waals surface area contributed by atoms with Gasteiger partial charge >= 0.3 is 5.97 Å². The highest BCUT2D eigenvalue weighted by Gasteiger charge is 2.40. The van der Waals surface area contributed by atoms with Crippen molar-refractivity contribution in [2.75, 3.05) is 0 Å². The Morgan fingerprint density at radius 2 is 1.09 bits per heavy atom. The molecule has 3 aliphatic rings. The number of rotatable bonds is 27. The maximum Gasteiger partial charge on any atom is 0.334 e. The SMILES string of the molecule is CCCCCC[C@H](O)CCC[C@H](O)[C@H]1CC[C@H]([C@H]2CC[C@H]([C@H](O)CCCCCCCCCCCCCCC3=C[C@H](C)OC3=O)O2)O1. The summed E-state index contributed by atoms with van der Waals surface area (Å²) in [6, 6.07) is 0. The van der Waals surface area contributed by atoms with Gasteiger partial charge in [0, 0.05) is 5.57 Å². The minimum Gasteiger partial charge on any atom is -0.455 e. The van der Waals surface area contributed by atoms with Crippen molar-refractivity contribution in [2.45, 2.75) is 230 Å². The number of hydrogen-bond donors (Lipinski definition) is 3. The van der Waals surface area contributed by atoms with Gasteiger partial charge in [0.05, 0.1) is 42.7 Å². The number of aliphatic hydroxyl groups is 3. The van der Waals surface area contributed by atoms with Crippen LogP contribution in [0.4, 0.5) is 0 Å². The van der Waals surface area contributed by atoms with E-state index in [1.165, 1.54) is 83.5 Å². The molecule has 2 fully saturated rings. The summed E-state index contributed by atoms with van der Waals surface area (Å²) >= 11 is 0. The normalized spacial score (nSPS) is 26.8. The van der Waals surface area contributed by atoms with Gasteiger partial charge in [-0.1, -0.05) is 103 Å². The van der Waals surface area contributed by atoms with Crippen molar-refractivity contribution in [1.82, 2.24) is 0 Å². The van der Waals surface area contributed by atoms with Gasteiger partial charge in [0.15, 0.2) is 0 Å². The molecule has 0 aliphatic carbocycles. The lowest BCUT2D eigenvalue weighted by Crippen LogP contribution is -2.33. The van der Waals surface area contributed by atoms with Crippen molar-refractivity contribution in [3.63, 3.8) is 0 Å². The molecule has 0 radical (unpaired) electrons. The maximum atomic E-state index is 11.6. The number of aliphatic hydroxyl groups excluding tert-OH is 3. The Bertz CT molecular complexity index is 831. The summed E-state index contributed by atoms with van der Waals surface area (Å²) in [5.41, 5.74) is 0.871. The van der Waals surface area contributed by atoms with Crippen LogP contribution in [0.3, 0.4) is 0 Å². The number of cyclic esters (lactones) is 1. The monoisotopic (exact) mass is 651 g/mol. The molecule has 8 atom stereocenters. The number of ether oxygens (including phenoxy) is 3. The van der Waals surface area contributed by atoms with Gasteiger partial charge in [0.1, 0.15) is 6.10 Å². The molecule has 0 amide bonds. The quantitative estimate of drug-likeness (QED) is 0.0604. The Morgan fingerprint density at radius 1 is 0.630 bits per heavy atom. The average molecular weight is 651 g/mol. The number of carbonyl (C=O) groups excluding carboxylic acids is 1. The number of hydrogen-bond acceptors (Lipinski definition) is 7. The van der Waals surface area contributed by atoms with Crippen molar-refractivity contribution >= 4 is 5.97 Å². The molecule has 7 heteroatoms. The Hall–Kier alpha value is -0.990. The van der Waals surface area contributed by atoms with Crippen molar-refractivity contribution in [2.24, 2.45) is 0 Å². The van der Waals surface area contributed by atoms with Crippen LogP contribution in [0.2, 0.25) is 0 Å². The van der Waals surface area contributed by atoms with E-state index >= 15 is 0 Å². The highest BCUT2D eigenvalue weighted by atomic mass is 16.6. The van der Waals surface area contributed by atoms with Gasteiger partial charge < -0.3 is 29.5 Å². The lowest BCUT2D eigenvalue weighted by Gasteiger charge is -2.24. The Labute approximate surface area is 281 Å². The van der Waals surface area contributed by atoms with Crippen LogP contribution < -0.4 is 0 Å². The van der Waals surface area contributed by atoms with E-state index in [-0.39, 0.29) is 42.6 Å². The zero-order chi connectivity index (χ0) is 33.0. The first-order valence-electron chi connectivity index (χ1n) is 19.6. The van der Waals surface area contributed by atoms with Gasteiger partial charge in [-0.25, -0.2) is 4.79 Å². The van der Waals surface area contributed by atoms with E-state index in [1.807, 2.05) is 13.0 Å². The van der Waals surface area contributed by atoms with Gasteiger partial charge in [-0.2, -0.15) is 0 Å². The fourth-order valence-electron chi connectivity index (χ4n) is 7.63. The van der Waals surface area contributed by atoms with E-state index in [0.717, 1.165) is 82.6 Å². The topological polar surface area (TPSA) is 105 Å². The van der Waals surface area contributed by atoms with Gasteiger partial charge in [-0.05, 0) is 83.6 Å². The minimum atomic E-state index is -0.477. The lowest BCUT2D eigenvalue weighted by molar-refractivity contribution is -0.139. The first kappa shape index (κ1) is 39.4. The Morgan fingerprint density at radius 3 is 1.61 bits per heavy atom. The number of unbranched alkanes of at least 4 members (excludes halogenated alkanes) is 14. The molecular formula is C39H70O7. The fraction of sp³-hybridized carbons (Fsp3) is 0.923. The molecule has 7 nitrogen and oxygen atoms in total. The smallest absolute Gasteiger partial charge is 0.334 e. The highest BCUT2D eigenvalue weighted by Crippen LogP contribution is 2.34. The third-order valence-electron chi connectivity index (χ3n) is 10.6. The largest absolute Gasteiger partial charge is 0.455 e. The molecule has 3 aliphatic heterocycles. The molecule has 0 bridgehead atoms. The predicted molar refractivity (Wildman–Crippen MR) is 185 cm³/mol. The lowest BCUT2D eigenvalue weighted by atomic mass is 9.99. The molecular weight excluding hydrogens is 580 g/mol. The van der Waals surface area contributed by atoms with E-state index in [4.69, 9.17) is 14.2 Å². The van der Waals surface area contributed by atoms with Crippen LogP contribution in [-0.2, 0) is 19.0 Å². The molecule has 0 saturated carbocycles. The van der Waals surface area contributed by atoms with Gasteiger partial charge in [-0.3, -0.25) is 0 Å². The molecule has 2 saturated heterocycles. The zero-order valence-corrected chi connectivity index (χ0v) is 29.6. The van der Waals surface area contributed by atoms with Crippen molar-refractivity contribution in [3.05, 3.63) is 11.6 Å². The molecule has 0 aromatic rings. The second-order valence-corrected chi connectivity index (χ2v) is 14.7. The van der Waals surface area contributed by atoms with Crippen LogP contribution in [0.5, 0.6) is 0 Å². The molecule has 0 aromatic heterocycles. The van der Waals surface area contributed by atoms with Gasteiger partial charge in [-0.15, -0.1) is 0 Å². The molecule has 3 N–H and O–H groups in total. The van der Waals surface area contributed by atoms with E-state index in [9.17, 15) is 20.1 Å². The van der Waals surface area contributed by atoms with Crippen LogP contribution in [0.1, 0.15) is 181 Å². The van der Waals surface area contributed by atoms with E-state index in [0.29, 0.717) is 6.42 Å². The summed E-state index contributed by atoms with van der Waals surface area (Å²) in [5.74, 6) is -0.116. The van der Waals surface area contributed by atoms with Crippen molar-refractivity contribution < 1.29 is 34.3 Å². The second kappa shape index (κ2) is 23.4. The first-order chi connectivity index (χ1) is 22.4. The molecule has 0 unspecified atom stereocenters. The summed E-state index contributed by atoms with van der Waals surface area (Å²) in [6.07, 6.45) is 28.6. The van der Waals surface area contributed by atoms with Gasteiger partial charge in [0.2, 0.25) is 0 Å². The van der Waals surface area contributed by atoms with Crippen molar-refractivity contribution in [1.29, 1.82) is 0 Å². The van der Waals surface area contributed by atoms with E-state index < -0.39 is 12.2 Å². The number of carbonyl (C=O) groups is 1. The highest BCUT2D eigenvalue weighted by molar-refractivity contribution is 5.90. The van der Waals surface area contributed by atoms with E-state index in [2.05, 4.69) is 6.92 Å². The minimum absolute atomic E-state index is 0.0203. The van der Waals surface area contributed by atoms with Crippen LogP contribution >= 0.6 is 0 Å². The molecule has 3 rings (SSSR count). The Balaban J connectivity index is 1.10. The second-order valence-electron chi connectivity index (χ2n) is 14.7. The standard InChI is InChI=1S/C39H70O7/c1-3-4-5-17-21-32(40)22-19-24-34(42)36-26-28-38(46-36)37-27-25-35(45-37)33(41)23-18-15-13-11-9-7-6-8-10-12-14-16-20-31-29-30(2)44-39(31)43/h29-30,32-38,40-42H,3-28H2,1-2H3/t30-,32-,33+,34-,35+,36+,37+,38+/m0/s1. The molecule has 0 spiro atoms. The summed E-state index contributed by atoms with van der Waals surface area (Å²) in [4.78, 5) is 11.6. The van der Waals surface area contributed by atoms with Crippen LogP contribution in [0, 0.1) is 0 Å². The van der Waals surface area contributed by atoms with E-state index in [1.54, 1.807) is 0 Å². The summed E-state index contributed by atoms with van der Waals surface area (Å²) < 4.78 is 17.7. The molecule has 3 heterocycles. The predicted octanol–water partition coefficient (Wildman–Crippen LogP) is 8.64. The summed E-state index contributed by atoms with van der Waals surface area (Å²) in [7, 11) is 0. The molecule has 0 aromatic carbocycles. The third kappa shape index (κ3) is 15.5. The fourth-order valence-corrected chi connectivity index (χ4v) is 7.63. The maximum absolute atomic E-state index is 11.6. The molecule has 46 heavy (non-hydrogen) atoms. The number of esters is 1. The van der Waals surface area contributed by atoms with Crippen LogP contribution in [0.15, 0.2) is 11.6 Å². The third-order valence-corrected chi connectivity index (χ3v) is 10.6. The van der Waals surface area contributed by atoms with Gasteiger partial charge in [0.25, 0.3) is 0 Å². The summed E-state index contributed by atoms with van der Waals surface area (Å²) in [6.45, 7) is 4.12. The Kier molecular flexibility index (Phi) is 20.0. The molecule has 268 valence electrons. The van der Waals surface area contributed by atoms with Crippen LogP contribution in [-0.4, -0.2) is 70.1 Å². The van der Waals surface area contributed by atoms with Crippen LogP contribution in [0.25, 0.3) is 0 Å². The van der Waals surface area contributed by atoms with Crippen molar-refractivity contribution in [3.8, 4) is 0 Å². The summed E-state index contributed by atoms with van der Waals surface area (Å²) in [5, 5.41) is 31.7. The first-order valence-corrected chi connectivity index (χ1v) is 19.6. The zero-order valence-electron chi connectivity index (χ0n) is 29.6. The average Bonchev–Trinajstić information content (AvgIpc) is 3.79.